The summed E-state index contributed by atoms with van der Waals surface area (Å²) in [5, 5.41) is 1.05. The van der Waals surface area contributed by atoms with Gasteiger partial charge in [-0.05, 0) is 43.4 Å². The van der Waals surface area contributed by atoms with Crippen molar-refractivity contribution in [3.05, 3.63) is 30.0 Å². The molecule has 4 heteroatoms. The number of rotatable bonds is 6. The predicted molar refractivity (Wildman–Crippen MR) is 76.9 cm³/mol. The molecule has 1 heterocycles. The number of aromatic nitrogens is 1. The summed E-state index contributed by atoms with van der Waals surface area (Å²) in [6.07, 6.45) is 4.74. The third kappa shape index (κ3) is 2.95. The van der Waals surface area contributed by atoms with E-state index in [1.807, 2.05) is 31.3 Å². The van der Waals surface area contributed by atoms with Crippen LogP contribution in [0.15, 0.2) is 24.4 Å². The normalized spacial score (nSPS) is 14.4. The molecule has 1 aromatic carbocycles. The summed E-state index contributed by atoms with van der Waals surface area (Å²) in [7, 11) is 0. The highest BCUT2D eigenvalue weighted by molar-refractivity contribution is 5.88. The summed E-state index contributed by atoms with van der Waals surface area (Å²) in [6, 6.07) is 5.96. The molecule has 0 unspecified atom stereocenters. The SMILES string of the molecule is CCOC(=O)Cc1c[nH]c2cc(OCC3CC3)ccc12. The van der Waals surface area contributed by atoms with E-state index in [1.165, 1.54) is 12.8 Å². The molecule has 0 aliphatic heterocycles. The summed E-state index contributed by atoms with van der Waals surface area (Å²) >= 11 is 0. The number of hydrogen-bond acceptors (Lipinski definition) is 3. The largest absolute Gasteiger partial charge is 0.493 e. The second kappa shape index (κ2) is 5.57. The zero-order valence-corrected chi connectivity index (χ0v) is 11.6. The predicted octanol–water partition coefficient (Wildman–Crippen LogP) is 3.06. The molecule has 3 rings (SSSR count). The van der Waals surface area contributed by atoms with Crippen molar-refractivity contribution in [1.29, 1.82) is 0 Å². The van der Waals surface area contributed by atoms with Crippen molar-refractivity contribution >= 4 is 16.9 Å². The van der Waals surface area contributed by atoms with E-state index in [-0.39, 0.29) is 5.97 Å². The fraction of sp³-hybridized carbons (Fsp3) is 0.438. The van der Waals surface area contributed by atoms with Crippen LogP contribution in [0.4, 0.5) is 0 Å². The second-order valence-electron chi connectivity index (χ2n) is 5.26. The van der Waals surface area contributed by atoms with Crippen molar-refractivity contribution in [3.63, 3.8) is 0 Å². The lowest BCUT2D eigenvalue weighted by Gasteiger charge is -2.05. The Bertz CT molecular complexity index is 613. The van der Waals surface area contributed by atoms with Crippen molar-refractivity contribution in [3.8, 4) is 5.75 Å². The van der Waals surface area contributed by atoms with Gasteiger partial charge in [0.25, 0.3) is 0 Å². The molecule has 0 spiro atoms. The summed E-state index contributed by atoms with van der Waals surface area (Å²) in [4.78, 5) is 14.7. The van der Waals surface area contributed by atoms with Crippen LogP contribution in [0.25, 0.3) is 10.9 Å². The van der Waals surface area contributed by atoms with Crippen LogP contribution in [0.3, 0.4) is 0 Å². The van der Waals surface area contributed by atoms with Crippen LogP contribution >= 0.6 is 0 Å². The van der Waals surface area contributed by atoms with E-state index in [0.717, 1.165) is 34.7 Å². The molecular formula is C16H19NO3. The molecule has 1 N–H and O–H groups in total. The minimum Gasteiger partial charge on any atom is -0.493 e. The number of ether oxygens (including phenoxy) is 2. The van der Waals surface area contributed by atoms with Gasteiger partial charge in [-0.1, -0.05) is 0 Å². The third-order valence-corrected chi connectivity index (χ3v) is 3.56. The first-order valence-corrected chi connectivity index (χ1v) is 7.14. The zero-order chi connectivity index (χ0) is 13.9. The molecule has 0 bridgehead atoms. The van der Waals surface area contributed by atoms with Gasteiger partial charge in [-0.2, -0.15) is 0 Å². The second-order valence-corrected chi connectivity index (χ2v) is 5.26. The monoisotopic (exact) mass is 273 g/mol. The average Bonchev–Trinajstić information content (AvgIpc) is 3.19. The van der Waals surface area contributed by atoms with Crippen LogP contribution in [0, 0.1) is 5.92 Å². The number of fused-ring (bicyclic) bond motifs is 1. The Balaban J connectivity index is 1.73. The molecular weight excluding hydrogens is 254 g/mol. The van der Waals surface area contributed by atoms with Gasteiger partial charge in [0, 0.05) is 23.2 Å². The highest BCUT2D eigenvalue weighted by Crippen LogP contribution is 2.30. The van der Waals surface area contributed by atoms with Crippen LogP contribution in [0.5, 0.6) is 5.75 Å². The van der Waals surface area contributed by atoms with E-state index in [4.69, 9.17) is 9.47 Å². The third-order valence-electron chi connectivity index (χ3n) is 3.56. The zero-order valence-electron chi connectivity index (χ0n) is 11.6. The quantitative estimate of drug-likeness (QED) is 0.823. The van der Waals surface area contributed by atoms with Gasteiger partial charge >= 0.3 is 5.97 Å². The maximum absolute atomic E-state index is 11.5. The van der Waals surface area contributed by atoms with Crippen molar-refractivity contribution in [2.75, 3.05) is 13.2 Å². The maximum Gasteiger partial charge on any atom is 0.310 e. The molecule has 0 saturated heterocycles. The first-order valence-electron chi connectivity index (χ1n) is 7.14. The Morgan fingerprint density at radius 2 is 2.25 bits per heavy atom. The molecule has 1 aromatic heterocycles. The topological polar surface area (TPSA) is 51.3 Å². The minimum absolute atomic E-state index is 0.192. The number of esters is 1. The molecule has 1 aliphatic rings. The van der Waals surface area contributed by atoms with E-state index in [1.54, 1.807) is 0 Å². The van der Waals surface area contributed by atoms with E-state index in [9.17, 15) is 4.79 Å². The van der Waals surface area contributed by atoms with Crippen LogP contribution in [0.2, 0.25) is 0 Å². The maximum atomic E-state index is 11.5. The smallest absolute Gasteiger partial charge is 0.310 e. The van der Waals surface area contributed by atoms with Crippen LogP contribution in [0.1, 0.15) is 25.3 Å². The Morgan fingerprint density at radius 3 is 3.00 bits per heavy atom. The Morgan fingerprint density at radius 1 is 1.40 bits per heavy atom. The lowest BCUT2D eigenvalue weighted by Crippen LogP contribution is -2.06. The molecule has 0 amide bonds. The standard InChI is InChI=1S/C16H19NO3/c1-2-19-16(18)7-12-9-17-15-8-13(5-6-14(12)15)20-10-11-3-4-11/h5-6,8-9,11,17H,2-4,7,10H2,1H3. The molecule has 106 valence electrons. The molecule has 2 aromatic rings. The van der Waals surface area contributed by atoms with Gasteiger partial charge < -0.3 is 14.5 Å². The number of carbonyl (C=O) groups is 1. The average molecular weight is 273 g/mol. The molecule has 0 atom stereocenters. The van der Waals surface area contributed by atoms with Gasteiger partial charge in [0.15, 0.2) is 0 Å². The van der Waals surface area contributed by atoms with Gasteiger partial charge in [-0.25, -0.2) is 0 Å². The van der Waals surface area contributed by atoms with E-state index < -0.39 is 0 Å². The van der Waals surface area contributed by atoms with E-state index >= 15 is 0 Å². The fourth-order valence-electron chi connectivity index (χ4n) is 2.27. The number of nitrogens with one attached hydrogen (secondary N) is 1. The number of hydrogen-bond donors (Lipinski definition) is 1. The minimum atomic E-state index is -0.192. The van der Waals surface area contributed by atoms with Crippen LogP contribution in [-0.2, 0) is 16.0 Å². The van der Waals surface area contributed by atoms with Gasteiger partial charge in [-0.15, -0.1) is 0 Å². The Hall–Kier alpha value is -1.97. The van der Waals surface area contributed by atoms with Gasteiger partial charge in [-0.3, -0.25) is 4.79 Å². The summed E-state index contributed by atoms with van der Waals surface area (Å²) < 4.78 is 10.7. The van der Waals surface area contributed by atoms with Crippen molar-refractivity contribution in [1.82, 2.24) is 4.98 Å². The van der Waals surface area contributed by atoms with Crippen LogP contribution in [-0.4, -0.2) is 24.2 Å². The van der Waals surface area contributed by atoms with Crippen LogP contribution < -0.4 is 4.74 Å². The van der Waals surface area contributed by atoms with Gasteiger partial charge in [0.1, 0.15) is 5.75 Å². The number of H-pyrrole nitrogens is 1. The van der Waals surface area contributed by atoms with Gasteiger partial charge in [0.2, 0.25) is 0 Å². The van der Waals surface area contributed by atoms with E-state index in [2.05, 4.69) is 4.98 Å². The number of aromatic amines is 1. The number of carbonyl (C=O) groups excluding carboxylic acids is 1. The Kier molecular flexibility index (Phi) is 3.63. The summed E-state index contributed by atoms with van der Waals surface area (Å²) in [5.74, 6) is 1.44. The lowest BCUT2D eigenvalue weighted by atomic mass is 10.1. The van der Waals surface area contributed by atoms with Crippen molar-refractivity contribution in [2.45, 2.75) is 26.2 Å². The lowest BCUT2D eigenvalue weighted by molar-refractivity contribution is -0.142. The van der Waals surface area contributed by atoms with Crippen molar-refractivity contribution < 1.29 is 14.3 Å². The summed E-state index contributed by atoms with van der Waals surface area (Å²) in [6.45, 7) is 3.04. The molecule has 0 radical (unpaired) electrons. The number of benzene rings is 1. The van der Waals surface area contributed by atoms with E-state index in [0.29, 0.717) is 13.0 Å². The molecule has 4 nitrogen and oxygen atoms in total. The fourth-order valence-corrected chi connectivity index (χ4v) is 2.27. The highest BCUT2D eigenvalue weighted by Gasteiger charge is 2.22. The summed E-state index contributed by atoms with van der Waals surface area (Å²) in [5.41, 5.74) is 1.96. The molecule has 1 aliphatic carbocycles. The van der Waals surface area contributed by atoms with Crippen molar-refractivity contribution in [2.24, 2.45) is 5.92 Å². The molecule has 1 fully saturated rings. The Labute approximate surface area is 118 Å². The first-order chi connectivity index (χ1) is 9.76. The van der Waals surface area contributed by atoms with Gasteiger partial charge in [0.05, 0.1) is 19.6 Å². The molecule has 1 saturated carbocycles. The first kappa shape index (κ1) is 13.0. The molecule has 20 heavy (non-hydrogen) atoms. The highest BCUT2D eigenvalue weighted by atomic mass is 16.5.